The Kier molecular flexibility index (Phi) is 4.26. The Balaban J connectivity index is 1.29. The highest BCUT2D eigenvalue weighted by atomic mass is 16.5. The molecule has 40 heavy (non-hydrogen) atoms. The van der Waals surface area contributed by atoms with Crippen LogP contribution in [0, 0.1) is 0 Å². The summed E-state index contributed by atoms with van der Waals surface area (Å²) in [5, 5.41) is 5.94. The van der Waals surface area contributed by atoms with Gasteiger partial charge < -0.3 is 14.5 Å². The molecule has 0 bridgehead atoms. The van der Waals surface area contributed by atoms with Crippen LogP contribution in [0.2, 0.25) is 0 Å². The number of furan rings is 1. The maximum Gasteiger partial charge on any atom is 0.158 e. The van der Waals surface area contributed by atoms with E-state index in [1.807, 2.05) is 24.3 Å². The first kappa shape index (κ1) is 21.6. The monoisotopic (exact) mass is 513 g/mol. The van der Waals surface area contributed by atoms with Gasteiger partial charge in [-0.3, -0.25) is 0 Å². The van der Waals surface area contributed by atoms with E-state index in [0.717, 1.165) is 55.9 Å². The molecule has 2 heterocycles. The van der Waals surface area contributed by atoms with Crippen molar-refractivity contribution >= 4 is 33.3 Å². The van der Waals surface area contributed by atoms with Gasteiger partial charge >= 0.3 is 0 Å². The molecule has 6 aromatic carbocycles. The van der Waals surface area contributed by atoms with Gasteiger partial charge in [0.25, 0.3) is 0 Å². The van der Waals surface area contributed by atoms with Crippen LogP contribution < -0.4 is 10.1 Å². The second-order valence-electron chi connectivity index (χ2n) is 10.6. The van der Waals surface area contributed by atoms with Gasteiger partial charge in [-0.15, -0.1) is 0 Å². The summed E-state index contributed by atoms with van der Waals surface area (Å²) in [4.78, 5) is 0. The van der Waals surface area contributed by atoms with E-state index in [-0.39, 0.29) is 0 Å². The van der Waals surface area contributed by atoms with Crippen molar-refractivity contribution in [1.29, 1.82) is 0 Å². The second kappa shape index (κ2) is 7.87. The second-order valence-corrected chi connectivity index (χ2v) is 10.6. The van der Waals surface area contributed by atoms with Gasteiger partial charge in [0.15, 0.2) is 5.58 Å². The van der Waals surface area contributed by atoms with E-state index < -0.39 is 5.41 Å². The van der Waals surface area contributed by atoms with Crippen molar-refractivity contribution in [2.24, 2.45) is 0 Å². The molecule has 3 heteroatoms. The molecule has 9 rings (SSSR count). The van der Waals surface area contributed by atoms with Crippen LogP contribution in [-0.4, -0.2) is 0 Å². The van der Waals surface area contributed by atoms with Crippen molar-refractivity contribution in [3.8, 4) is 22.6 Å². The summed E-state index contributed by atoms with van der Waals surface area (Å²) in [6.45, 7) is 0. The van der Waals surface area contributed by atoms with Gasteiger partial charge in [0.05, 0.1) is 11.1 Å². The number of ether oxygens (including phenoxy) is 1. The molecular formula is C37H23NO2. The van der Waals surface area contributed by atoms with Crippen LogP contribution in [0.25, 0.3) is 33.1 Å². The zero-order chi connectivity index (χ0) is 26.3. The van der Waals surface area contributed by atoms with Crippen LogP contribution in [0.3, 0.4) is 0 Å². The number of nitrogens with one attached hydrogen (secondary N) is 1. The maximum atomic E-state index is 6.47. The normalized spacial score (nSPS) is 13.9. The van der Waals surface area contributed by atoms with Crippen molar-refractivity contribution in [2.75, 3.05) is 5.32 Å². The van der Waals surface area contributed by atoms with Gasteiger partial charge in [-0.2, -0.15) is 0 Å². The Morgan fingerprint density at radius 3 is 1.98 bits per heavy atom. The molecule has 0 radical (unpaired) electrons. The zero-order valence-electron chi connectivity index (χ0n) is 21.5. The van der Waals surface area contributed by atoms with Gasteiger partial charge in [0, 0.05) is 27.6 Å². The van der Waals surface area contributed by atoms with E-state index in [2.05, 4.69) is 115 Å². The molecule has 0 fully saturated rings. The molecule has 2 aliphatic rings. The molecule has 1 N–H and O–H groups in total. The average Bonchev–Trinajstić information content (AvgIpc) is 3.52. The van der Waals surface area contributed by atoms with E-state index in [0.29, 0.717) is 0 Å². The number of anilines is 2. The van der Waals surface area contributed by atoms with Crippen molar-refractivity contribution in [2.45, 2.75) is 5.41 Å². The number of benzene rings is 6. The van der Waals surface area contributed by atoms with Crippen LogP contribution >= 0.6 is 0 Å². The van der Waals surface area contributed by atoms with Gasteiger partial charge in [0.1, 0.15) is 17.1 Å². The first-order chi connectivity index (χ1) is 19.8. The topological polar surface area (TPSA) is 34.4 Å². The molecule has 188 valence electrons. The van der Waals surface area contributed by atoms with E-state index >= 15 is 0 Å². The first-order valence-electron chi connectivity index (χ1n) is 13.6. The summed E-state index contributed by atoms with van der Waals surface area (Å²) in [6.07, 6.45) is 0. The third kappa shape index (κ3) is 2.73. The molecule has 0 atom stereocenters. The molecule has 1 aliphatic heterocycles. The SMILES string of the molecule is c1ccc2c(c1)Oc1ccccc1C21c2ccccc2-c2ccc(Nc3cccc4c3oc3ccccc34)cc21. The Labute approximate surface area is 231 Å². The fourth-order valence-electron chi connectivity index (χ4n) is 6.93. The highest BCUT2D eigenvalue weighted by Crippen LogP contribution is 2.62. The fourth-order valence-corrected chi connectivity index (χ4v) is 6.93. The molecule has 0 saturated carbocycles. The molecule has 1 aromatic heterocycles. The summed E-state index contributed by atoms with van der Waals surface area (Å²) in [6, 6.07) is 47.0. The minimum Gasteiger partial charge on any atom is -0.457 e. The van der Waals surface area contributed by atoms with Gasteiger partial charge in [-0.05, 0) is 58.7 Å². The molecule has 1 aliphatic carbocycles. The Morgan fingerprint density at radius 1 is 0.500 bits per heavy atom. The Morgan fingerprint density at radius 2 is 1.15 bits per heavy atom. The van der Waals surface area contributed by atoms with Crippen LogP contribution in [0.1, 0.15) is 22.3 Å². The van der Waals surface area contributed by atoms with Crippen molar-refractivity contribution in [1.82, 2.24) is 0 Å². The number of rotatable bonds is 2. The first-order valence-corrected chi connectivity index (χ1v) is 13.6. The van der Waals surface area contributed by atoms with Crippen LogP contribution in [0.5, 0.6) is 11.5 Å². The highest BCUT2D eigenvalue weighted by Gasteiger charge is 2.50. The molecule has 0 amide bonds. The molecule has 0 saturated heterocycles. The largest absolute Gasteiger partial charge is 0.457 e. The summed E-state index contributed by atoms with van der Waals surface area (Å²) in [7, 11) is 0. The summed E-state index contributed by atoms with van der Waals surface area (Å²) >= 11 is 0. The third-order valence-corrected chi connectivity index (χ3v) is 8.53. The Hall–Kier alpha value is -5.28. The molecule has 1 spiro atoms. The van der Waals surface area contributed by atoms with Gasteiger partial charge in [-0.25, -0.2) is 0 Å². The lowest BCUT2D eigenvalue weighted by atomic mass is 9.66. The van der Waals surface area contributed by atoms with E-state index in [9.17, 15) is 0 Å². The quantitative estimate of drug-likeness (QED) is 0.250. The minimum absolute atomic E-state index is 0.486. The average molecular weight is 514 g/mol. The maximum absolute atomic E-state index is 6.47. The summed E-state index contributed by atoms with van der Waals surface area (Å²) in [5.41, 5.74) is 10.6. The third-order valence-electron chi connectivity index (χ3n) is 8.53. The molecule has 7 aromatic rings. The molecule has 3 nitrogen and oxygen atoms in total. The fraction of sp³-hybridized carbons (Fsp3) is 0.0270. The molecule has 0 unspecified atom stereocenters. The highest BCUT2D eigenvalue weighted by molar-refractivity contribution is 6.09. The Bertz CT molecular complexity index is 2090. The van der Waals surface area contributed by atoms with Crippen molar-refractivity contribution < 1.29 is 9.15 Å². The van der Waals surface area contributed by atoms with Crippen LogP contribution in [-0.2, 0) is 5.41 Å². The lowest BCUT2D eigenvalue weighted by Gasteiger charge is -2.39. The predicted octanol–water partition coefficient (Wildman–Crippen LogP) is 9.80. The number of para-hydroxylation sites is 4. The van der Waals surface area contributed by atoms with E-state index in [4.69, 9.17) is 9.15 Å². The number of hydrogen-bond donors (Lipinski definition) is 1. The summed E-state index contributed by atoms with van der Waals surface area (Å²) < 4.78 is 12.8. The lowest BCUT2D eigenvalue weighted by Crippen LogP contribution is -2.32. The molecular weight excluding hydrogens is 490 g/mol. The summed E-state index contributed by atoms with van der Waals surface area (Å²) in [5.74, 6) is 1.79. The number of hydrogen-bond acceptors (Lipinski definition) is 3. The van der Waals surface area contributed by atoms with Crippen LogP contribution in [0.4, 0.5) is 11.4 Å². The van der Waals surface area contributed by atoms with E-state index in [1.54, 1.807) is 0 Å². The van der Waals surface area contributed by atoms with Gasteiger partial charge in [-0.1, -0.05) is 97.1 Å². The standard InChI is InChI=1S/C37H23NO2/c1-3-13-28-24(10-1)25-21-20-23(38-32-16-9-12-27-26-11-2-6-17-33(26)40-36(27)32)22-31(25)37(28)29-14-4-7-18-34(29)39-35-19-8-5-15-30(35)37/h1-22,38H. The smallest absolute Gasteiger partial charge is 0.158 e. The predicted molar refractivity (Wildman–Crippen MR) is 161 cm³/mol. The van der Waals surface area contributed by atoms with E-state index in [1.165, 1.54) is 22.3 Å². The van der Waals surface area contributed by atoms with Gasteiger partial charge in [0.2, 0.25) is 0 Å². The van der Waals surface area contributed by atoms with Crippen LogP contribution in [0.15, 0.2) is 138 Å². The minimum atomic E-state index is -0.486. The number of fused-ring (bicyclic) bond motifs is 12. The van der Waals surface area contributed by atoms with Crippen molar-refractivity contribution in [3.63, 3.8) is 0 Å². The lowest BCUT2D eigenvalue weighted by molar-refractivity contribution is 0.436. The van der Waals surface area contributed by atoms with Crippen molar-refractivity contribution in [3.05, 3.63) is 156 Å². The zero-order valence-corrected chi connectivity index (χ0v) is 21.5.